The summed E-state index contributed by atoms with van der Waals surface area (Å²) in [4.78, 5) is 16.1. The SMILES string of the molecule is C=Cc1cnc2c(c1)CC1(COC1)C(=O)N2. The van der Waals surface area contributed by atoms with Crippen molar-refractivity contribution in [1.29, 1.82) is 0 Å². The Balaban J connectivity index is 2.02. The quantitative estimate of drug-likeness (QED) is 0.768. The van der Waals surface area contributed by atoms with E-state index in [-0.39, 0.29) is 11.3 Å². The number of rotatable bonds is 1. The Labute approximate surface area is 93.3 Å². The van der Waals surface area contributed by atoms with Gasteiger partial charge >= 0.3 is 0 Å². The molecule has 4 heteroatoms. The molecule has 16 heavy (non-hydrogen) atoms. The van der Waals surface area contributed by atoms with Gasteiger partial charge in [0.05, 0.1) is 13.2 Å². The number of aromatic nitrogens is 1. The third kappa shape index (κ3) is 1.20. The number of hydrogen-bond donors (Lipinski definition) is 1. The molecule has 1 aromatic rings. The van der Waals surface area contributed by atoms with E-state index in [1.165, 1.54) is 0 Å². The van der Waals surface area contributed by atoms with E-state index in [0.717, 1.165) is 11.1 Å². The Hall–Kier alpha value is -1.68. The number of nitrogens with zero attached hydrogens (tertiary/aromatic N) is 1. The maximum Gasteiger partial charge on any atom is 0.236 e. The van der Waals surface area contributed by atoms with E-state index in [1.54, 1.807) is 12.3 Å². The fourth-order valence-electron chi connectivity index (χ4n) is 2.15. The molecule has 82 valence electrons. The van der Waals surface area contributed by atoms with Crippen molar-refractivity contribution in [3.05, 3.63) is 30.0 Å². The van der Waals surface area contributed by atoms with Crippen LogP contribution in [0.3, 0.4) is 0 Å². The third-order valence-corrected chi connectivity index (χ3v) is 3.22. The summed E-state index contributed by atoms with van der Waals surface area (Å²) < 4.78 is 5.16. The molecule has 3 rings (SSSR count). The van der Waals surface area contributed by atoms with Crippen molar-refractivity contribution in [2.75, 3.05) is 18.5 Å². The molecule has 1 fully saturated rings. The molecule has 1 aromatic heterocycles. The van der Waals surface area contributed by atoms with Gasteiger partial charge in [-0.25, -0.2) is 4.98 Å². The van der Waals surface area contributed by atoms with Gasteiger partial charge in [-0.3, -0.25) is 4.79 Å². The first kappa shape index (κ1) is 9.54. The molecule has 4 nitrogen and oxygen atoms in total. The average molecular weight is 216 g/mol. The Bertz CT molecular complexity index is 478. The Morgan fingerprint density at radius 1 is 1.56 bits per heavy atom. The molecule has 1 spiro atoms. The van der Waals surface area contributed by atoms with E-state index in [1.807, 2.05) is 6.07 Å². The molecule has 1 amide bonds. The number of carbonyl (C=O) groups is 1. The normalized spacial score (nSPS) is 20.9. The van der Waals surface area contributed by atoms with Gasteiger partial charge in [-0.15, -0.1) is 0 Å². The molecule has 0 aliphatic carbocycles. The number of hydrogen-bond acceptors (Lipinski definition) is 3. The van der Waals surface area contributed by atoms with Gasteiger partial charge in [-0.1, -0.05) is 12.7 Å². The first-order valence-electron chi connectivity index (χ1n) is 5.24. The maximum absolute atomic E-state index is 11.9. The molecule has 0 saturated carbocycles. The van der Waals surface area contributed by atoms with Crippen LogP contribution in [0.2, 0.25) is 0 Å². The van der Waals surface area contributed by atoms with Crippen LogP contribution in [0.15, 0.2) is 18.8 Å². The van der Waals surface area contributed by atoms with E-state index >= 15 is 0 Å². The largest absolute Gasteiger partial charge is 0.379 e. The monoisotopic (exact) mass is 216 g/mol. The summed E-state index contributed by atoms with van der Waals surface area (Å²) in [5.41, 5.74) is 1.69. The van der Waals surface area contributed by atoms with Crippen molar-refractivity contribution >= 4 is 17.8 Å². The maximum atomic E-state index is 11.9. The van der Waals surface area contributed by atoms with Crippen LogP contribution in [0.5, 0.6) is 0 Å². The predicted octanol–water partition coefficient (Wildman–Crippen LogP) is 1.24. The van der Waals surface area contributed by atoms with Crippen LogP contribution in [0, 0.1) is 5.41 Å². The summed E-state index contributed by atoms with van der Waals surface area (Å²) in [6.07, 6.45) is 4.18. The summed E-state index contributed by atoms with van der Waals surface area (Å²) in [6.45, 7) is 4.73. The molecule has 2 aliphatic heterocycles. The number of pyridine rings is 1. The molecular formula is C12H12N2O2. The molecule has 0 atom stereocenters. The highest BCUT2D eigenvalue weighted by atomic mass is 16.5. The van der Waals surface area contributed by atoms with Gasteiger partial charge in [-0.2, -0.15) is 0 Å². The molecule has 0 radical (unpaired) electrons. The summed E-state index contributed by atoms with van der Waals surface area (Å²) in [7, 11) is 0. The summed E-state index contributed by atoms with van der Waals surface area (Å²) in [5.74, 6) is 0.707. The number of nitrogens with one attached hydrogen (secondary N) is 1. The van der Waals surface area contributed by atoms with Gasteiger partial charge in [0.2, 0.25) is 5.91 Å². The second kappa shape index (κ2) is 3.15. The van der Waals surface area contributed by atoms with Crippen LogP contribution in [-0.4, -0.2) is 24.1 Å². The van der Waals surface area contributed by atoms with E-state index in [2.05, 4.69) is 16.9 Å². The molecule has 0 aromatic carbocycles. The van der Waals surface area contributed by atoms with Crippen LogP contribution in [-0.2, 0) is 16.0 Å². The highest BCUT2D eigenvalue weighted by Crippen LogP contribution is 2.38. The van der Waals surface area contributed by atoms with Crippen molar-refractivity contribution in [1.82, 2.24) is 4.98 Å². The zero-order valence-corrected chi connectivity index (χ0v) is 8.82. The number of fused-ring (bicyclic) bond motifs is 1. The fraction of sp³-hybridized carbons (Fsp3) is 0.333. The van der Waals surface area contributed by atoms with Crippen LogP contribution >= 0.6 is 0 Å². The topological polar surface area (TPSA) is 51.2 Å². The van der Waals surface area contributed by atoms with E-state index in [4.69, 9.17) is 4.74 Å². The Kier molecular flexibility index (Phi) is 1.88. The Morgan fingerprint density at radius 3 is 3.00 bits per heavy atom. The van der Waals surface area contributed by atoms with Crippen molar-refractivity contribution in [2.24, 2.45) is 5.41 Å². The standard InChI is InChI=1S/C12H12N2O2/c1-2-8-3-9-4-12(6-16-7-12)11(15)14-10(9)13-5-8/h2-3,5H,1,4,6-7H2,(H,13,14,15). The highest BCUT2D eigenvalue weighted by molar-refractivity contribution is 5.98. The lowest BCUT2D eigenvalue weighted by Crippen LogP contribution is -2.55. The minimum atomic E-state index is -0.353. The zero-order chi connectivity index (χ0) is 11.2. The Morgan fingerprint density at radius 2 is 2.38 bits per heavy atom. The van der Waals surface area contributed by atoms with Crippen molar-refractivity contribution in [3.63, 3.8) is 0 Å². The van der Waals surface area contributed by atoms with Gasteiger partial charge in [0.15, 0.2) is 0 Å². The highest BCUT2D eigenvalue weighted by Gasteiger charge is 2.48. The number of amides is 1. The number of ether oxygens (including phenoxy) is 1. The smallest absolute Gasteiger partial charge is 0.236 e. The van der Waals surface area contributed by atoms with Gasteiger partial charge in [0.1, 0.15) is 11.2 Å². The molecule has 1 saturated heterocycles. The van der Waals surface area contributed by atoms with Crippen molar-refractivity contribution in [2.45, 2.75) is 6.42 Å². The van der Waals surface area contributed by atoms with Crippen LogP contribution < -0.4 is 5.32 Å². The lowest BCUT2D eigenvalue weighted by molar-refractivity contribution is -0.156. The van der Waals surface area contributed by atoms with E-state index in [0.29, 0.717) is 25.5 Å². The molecule has 1 N–H and O–H groups in total. The third-order valence-electron chi connectivity index (χ3n) is 3.22. The summed E-state index contributed by atoms with van der Waals surface area (Å²) in [6, 6.07) is 2.02. The first-order valence-corrected chi connectivity index (χ1v) is 5.24. The predicted molar refractivity (Wildman–Crippen MR) is 59.9 cm³/mol. The summed E-state index contributed by atoms with van der Waals surface area (Å²) in [5, 5.41) is 2.84. The second-order valence-electron chi connectivity index (χ2n) is 4.38. The van der Waals surface area contributed by atoms with Gasteiger partial charge in [0.25, 0.3) is 0 Å². The first-order chi connectivity index (χ1) is 7.73. The van der Waals surface area contributed by atoms with Crippen LogP contribution in [0.1, 0.15) is 11.1 Å². The number of anilines is 1. The second-order valence-corrected chi connectivity index (χ2v) is 4.38. The lowest BCUT2D eigenvalue weighted by atomic mass is 9.76. The minimum Gasteiger partial charge on any atom is -0.379 e. The van der Waals surface area contributed by atoms with Crippen LogP contribution in [0.25, 0.3) is 6.08 Å². The van der Waals surface area contributed by atoms with Gasteiger partial charge < -0.3 is 10.1 Å². The van der Waals surface area contributed by atoms with E-state index < -0.39 is 0 Å². The van der Waals surface area contributed by atoms with E-state index in [9.17, 15) is 4.79 Å². The van der Waals surface area contributed by atoms with Crippen molar-refractivity contribution in [3.8, 4) is 0 Å². The van der Waals surface area contributed by atoms with Crippen LogP contribution in [0.4, 0.5) is 5.82 Å². The summed E-state index contributed by atoms with van der Waals surface area (Å²) >= 11 is 0. The van der Waals surface area contributed by atoms with Gasteiger partial charge in [0, 0.05) is 6.20 Å². The van der Waals surface area contributed by atoms with Gasteiger partial charge in [-0.05, 0) is 23.6 Å². The minimum absolute atomic E-state index is 0.0325. The fourth-order valence-corrected chi connectivity index (χ4v) is 2.15. The number of carbonyl (C=O) groups excluding carboxylic acids is 1. The lowest BCUT2D eigenvalue weighted by Gasteiger charge is -2.42. The molecule has 2 aliphatic rings. The van der Waals surface area contributed by atoms with Crippen molar-refractivity contribution < 1.29 is 9.53 Å². The molecule has 0 bridgehead atoms. The average Bonchev–Trinajstić information content (AvgIpc) is 2.25. The molecule has 0 unspecified atom stereocenters. The molecular weight excluding hydrogens is 204 g/mol. The zero-order valence-electron chi connectivity index (χ0n) is 8.82. The molecule has 3 heterocycles.